The van der Waals surface area contributed by atoms with Crippen molar-refractivity contribution in [3.8, 4) is 0 Å². The highest BCUT2D eigenvalue weighted by atomic mass is 32.2. The molecule has 0 radical (unpaired) electrons. The minimum atomic E-state index is -2.95. The lowest BCUT2D eigenvalue weighted by Crippen LogP contribution is -2.50. The zero-order valence-corrected chi connectivity index (χ0v) is 14.5. The molecular weight excluding hydrogens is 316 g/mol. The molecule has 0 spiro atoms. The summed E-state index contributed by atoms with van der Waals surface area (Å²) in [5.74, 6) is 0.118. The van der Waals surface area contributed by atoms with Crippen LogP contribution in [0.1, 0.15) is 11.7 Å². The van der Waals surface area contributed by atoms with Crippen molar-refractivity contribution in [3.63, 3.8) is 0 Å². The van der Waals surface area contributed by atoms with Crippen molar-refractivity contribution in [2.75, 3.05) is 51.8 Å². The Balaban J connectivity index is 1.90. The molecule has 0 N–H and O–H groups in total. The van der Waals surface area contributed by atoms with Crippen molar-refractivity contribution in [3.05, 3.63) is 35.9 Å². The van der Waals surface area contributed by atoms with E-state index in [9.17, 15) is 13.2 Å². The summed E-state index contributed by atoms with van der Waals surface area (Å²) in [6.45, 7) is 3.08. The van der Waals surface area contributed by atoms with E-state index in [2.05, 4.69) is 4.90 Å². The first-order valence-corrected chi connectivity index (χ1v) is 9.73. The van der Waals surface area contributed by atoms with Gasteiger partial charge >= 0.3 is 0 Å². The highest BCUT2D eigenvalue weighted by Crippen LogP contribution is 2.20. The lowest BCUT2D eigenvalue weighted by molar-refractivity contribution is -0.144. The van der Waals surface area contributed by atoms with Gasteiger partial charge in [-0.05, 0) is 5.56 Å². The van der Waals surface area contributed by atoms with Gasteiger partial charge in [-0.2, -0.15) is 0 Å². The van der Waals surface area contributed by atoms with Crippen LogP contribution < -0.4 is 0 Å². The van der Waals surface area contributed by atoms with Gasteiger partial charge in [-0.15, -0.1) is 0 Å². The number of amides is 1. The average molecular weight is 340 g/mol. The second-order valence-corrected chi connectivity index (χ2v) is 8.08. The molecule has 0 bridgehead atoms. The number of methoxy groups -OCH3 is 1. The third-order valence-electron chi connectivity index (χ3n) is 4.02. The summed E-state index contributed by atoms with van der Waals surface area (Å²) in [5.41, 5.74) is 0.847. The summed E-state index contributed by atoms with van der Waals surface area (Å²) >= 11 is 0. The van der Waals surface area contributed by atoms with Crippen LogP contribution in [0.5, 0.6) is 0 Å². The van der Waals surface area contributed by atoms with Crippen molar-refractivity contribution in [2.45, 2.75) is 6.10 Å². The van der Waals surface area contributed by atoms with Gasteiger partial charge in [0.25, 0.3) is 5.91 Å². The molecule has 1 aromatic carbocycles. The topological polar surface area (TPSA) is 66.9 Å². The molecule has 1 amide bonds. The summed E-state index contributed by atoms with van der Waals surface area (Å²) in [6.07, 6.45) is 0.661. The number of rotatable bonds is 6. The number of nitrogens with zero attached hydrogens (tertiary/aromatic N) is 2. The van der Waals surface area contributed by atoms with Crippen LogP contribution in [-0.4, -0.2) is 76.0 Å². The molecule has 6 nitrogen and oxygen atoms in total. The fourth-order valence-electron chi connectivity index (χ4n) is 2.66. The molecule has 0 aliphatic carbocycles. The van der Waals surface area contributed by atoms with Crippen LogP contribution in [0.15, 0.2) is 30.3 Å². The number of piperazine rings is 1. The minimum Gasteiger partial charge on any atom is -0.367 e. The van der Waals surface area contributed by atoms with Gasteiger partial charge in [-0.25, -0.2) is 8.42 Å². The Morgan fingerprint density at radius 1 is 1.17 bits per heavy atom. The Kier molecular flexibility index (Phi) is 6.15. The van der Waals surface area contributed by atoms with E-state index in [0.717, 1.165) is 5.56 Å². The van der Waals surface area contributed by atoms with E-state index in [1.165, 1.54) is 13.4 Å². The van der Waals surface area contributed by atoms with Crippen LogP contribution in [0.3, 0.4) is 0 Å². The quantitative estimate of drug-likeness (QED) is 0.757. The second-order valence-electron chi connectivity index (χ2n) is 5.82. The molecule has 1 saturated heterocycles. The summed E-state index contributed by atoms with van der Waals surface area (Å²) < 4.78 is 27.8. The average Bonchev–Trinajstić information content (AvgIpc) is 2.54. The molecule has 1 aromatic rings. The highest BCUT2D eigenvalue weighted by Gasteiger charge is 2.28. The summed E-state index contributed by atoms with van der Waals surface area (Å²) in [4.78, 5) is 16.5. The molecule has 128 valence electrons. The number of carbonyl (C=O) groups is 1. The van der Waals surface area contributed by atoms with Gasteiger partial charge < -0.3 is 9.64 Å². The van der Waals surface area contributed by atoms with Crippen molar-refractivity contribution in [1.82, 2.24) is 9.80 Å². The minimum absolute atomic E-state index is 0.0403. The molecular formula is C16H24N2O4S. The maximum atomic E-state index is 12.6. The molecule has 23 heavy (non-hydrogen) atoms. The maximum Gasteiger partial charge on any atom is 0.256 e. The van der Waals surface area contributed by atoms with Crippen molar-refractivity contribution < 1.29 is 17.9 Å². The van der Waals surface area contributed by atoms with E-state index in [1.54, 1.807) is 4.90 Å². The number of hydrogen-bond acceptors (Lipinski definition) is 5. The zero-order valence-electron chi connectivity index (χ0n) is 13.6. The molecule has 1 aliphatic heterocycles. The van der Waals surface area contributed by atoms with Gasteiger partial charge in [-0.3, -0.25) is 9.69 Å². The first-order chi connectivity index (χ1) is 10.9. The van der Waals surface area contributed by atoms with Crippen LogP contribution >= 0.6 is 0 Å². The predicted octanol–water partition coefficient (Wildman–Crippen LogP) is 0.563. The van der Waals surface area contributed by atoms with Gasteiger partial charge in [-0.1, -0.05) is 30.3 Å². The van der Waals surface area contributed by atoms with Crippen molar-refractivity contribution >= 4 is 15.7 Å². The Morgan fingerprint density at radius 2 is 1.78 bits per heavy atom. The van der Waals surface area contributed by atoms with Crippen molar-refractivity contribution in [2.24, 2.45) is 0 Å². The number of sulfone groups is 1. The first kappa shape index (κ1) is 17.9. The second kappa shape index (κ2) is 7.90. The summed E-state index contributed by atoms with van der Waals surface area (Å²) in [7, 11) is -1.41. The number of hydrogen-bond donors (Lipinski definition) is 0. The van der Waals surface area contributed by atoms with E-state index < -0.39 is 15.9 Å². The van der Waals surface area contributed by atoms with Crippen LogP contribution in [0.2, 0.25) is 0 Å². The first-order valence-electron chi connectivity index (χ1n) is 7.67. The van der Waals surface area contributed by atoms with Crippen molar-refractivity contribution in [1.29, 1.82) is 0 Å². The Labute approximate surface area is 137 Å². The van der Waals surface area contributed by atoms with Crippen LogP contribution in [-0.2, 0) is 19.4 Å². The molecule has 1 fully saturated rings. The summed E-state index contributed by atoms with van der Waals surface area (Å²) in [5, 5.41) is 0. The molecule has 1 heterocycles. The molecule has 0 saturated carbocycles. The van der Waals surface area contributed by atoms with E-state index >= 15 is 0 Å². The van der Waals surface area contributed by atoms with E-state index in [1.807, 2.05) is 30.3 Å². The Bertz CT molecular complexity index is 610. The lowest BCUT2D eigenvalue weighted by Gasteiger charge is -2.36. The lowest BCUT2D eigenvalue weighted by atomic mass is 10.1. The maximum absolute atomic E-state index is 12.6. The third-order valence-corrected chi connectivity index (χ3v) is 4.95. The monoisotopic (exact) mass is 340 g/mol. The van der Waals surface area contributed by atoms with Gasteiger partial charge in [0.1, 0.15) is 9.84 Å². The van der Waals surface area contributed by atoms with Gasteiger partial charge in [0.15, 0.2) is 6.10 Å². The molecule has 0 aromatic heterocycles. The van der Waals surface area contributed by atoms with Crippen LogP contribution in [0, 0.1) is 0 Å². The van der Waals surface area contributed by atoms with Gasteiger partial charge in [0, 0.05) is 46.1 Å². The molecule has 1 aliphatic rings. The Hall–Kier alpha value is -1.44. The SMILES string of the molecule is CO[C@@H](C(=O)N1CCN(CCS(C)(=O)=O)CC1)c1ccccc1. The molecule has 7 heteroatoms. The van der Waals surface area contributed by atoms with E-state index in [0.29, 0.717) is 32.7 Å². The normalized spacial score (nSPS) is 17.9. The number of benzene rings is 1. The largest absolute Gasteiger partial charge is 0.367 e. The Morgan fingerprint density at radius 3 is 2.30 bits per heavy atom. The number of ether oxygens (including phenoxy) is 1. The molecule has 2 rings (SSSR count). The number of carbonyl (C=O) groups excluding carboxylic acids is 1. The van der Waals surface area contributed by atoms with Gasteiger partial charge in [0.2, 0.25) is 0 Å². The van der Waals surface area contributed by atoms with Gasteiger partial charge in [0.05, 0.1) is 5.75 Å². The van der Waals surface area contributed by atoms with E-state index in [-0.39, 0.29) is 11.7 Å². The van der Waals surface area contributed by atoms with E-state index in [4.69, 9.17) is 4.74 Å². The highest BCUT2D eigenvalue weighted by molar-refractivity contribution is 7.90. The fraction of sp³-hybridized carbons (Fsp3) is 0.562. The smallest absolute Gasteiger partial charge is 0.256 e. The predicted molar refractivity (Wildman–Crippen MR) is 88.9 cm³/mol. The fourth-order valence-corrected chi connectivity index (χ4v) is 3.25. The van der Waals surface area contributed by atoms with Crippen LogP contribution in [0.4, 0.5) is 0 Å². The molecule has 0 unspecified atom stereocenters. The summed E-state index contributed by atoms with van der Waals surface area (Å²) in [6, 6.07) is 9.44. The van der Waals surface area contributed by atoms with Crippen LogP contribution in [0.25, 0.3) is 0 Å². The third kappa shape index (κ3) is 5.30. The molecule has 1 atom stereocenters. The zero-order chi connectivity index (χ0) is 16.9. The standard InChI is InChI=1S/C16H24N2O4S/c1-22-15(14-6-4-3-5-7-14)16(19)18-10-8-17(9-11-18)12-13-23(2,20)21/h3-7,15H,8-13H2,1-2H3/t15-/m1/s1.